The van der Waals surface area contributed by atoms with Gasteiger partial charge in [0.25, 0.3) is 5.91 Å². The molecule has 0 N–H and O–H groups in total. The summed E-state index contributed by atoms with van der Waals surface area (Å²) in [6.45, 7) is 6.73. The molecule has 1 aliphatic rings. The number of benzene rings is 2. The van der Waals surface area contributed by atoms with E-state index in [1.165, 1.54) is 5.69 Å². The lowest BCUT2D eigenvalue weighted by Crippen LogP contribution is -2.49. The van der Waals surface area contributed by atoms with Crippen LogP contribution < -0.4 is 14.4 Å². The number of aromatic nitrogens is 4. The van der Waals surface area contributed by atoms with Gasteiger partial charge in [-0.15, -0.1) is 10.2 Å². The van der Waals surface area contributed by atoms with Crippen molar-refractivity contribution in [2.45, 2.75) is 20.3 Å². The van der Waals surface area contributed by atoms with Crippen molar-refractivity contribution in [3.63, 3.8) is 0 Å². The van der Waals surface area contributed by atoms with E-state index in [9.17, 15) is 4.79 Å². The van der Waals surface area contributed by atoms with E-state index in [2.05, 4.69) is 27.2 Å². The zero-order chi connectivity index (χ0) is 25.2. The molecule has 1 amide bonds. The van der Waals surface area contributed by atoms with Gasteiger partial charge in [-0.05, 0) is 43.2 Å². The van der Waals surface area contributed by atoms with Gasteiger partial charge in [0.2, 0.25) is 0 Å². The van der Waals surface area contributed by atoms with Crippen LogP contribution >= 0.6 is 0 Å². The first-order valence-corrected chi connectivity index (χ1v) is 12.1. The van der Waals surface area contributed by atoms with Gasteiger partial charge in [-0.2, -0.15) is 5.10 Å². The van der Waals surface area contributed by atoms with Gasteiger partial charge < -0.3 is 19.3 Å². The smallest absolute Gasteiger partial charge is 0.276 e. The van der Waals surface area contributed by atoms with Gasteiger partial charge in [0.05, 0.1) is 31.2 Å². The fraction of sp³-hybridized carbons (Fsp3) is 0.333. The number of carbonyl (C=O) groups is 1. The third kappa shape index (κ3) is 4.10. The normalized spacial score (nSPS) is 13.8. The van der Waals surface area contributed by atoms with Crippen molar-refractivity contribution in [1.29, 1.82) is 0 Å². The molecule has 1 aliphatic heterocycles. The molecule has 0 radical (unpaired) electrons. The molecule has 0 unspecified atom stereocenters. The summed E-state index contributed by atoms with van der Waals surface area (Å²) in [5, 5.41) is 13.7. The summed E-state index contributed by atoms with van der Waals surface area (Å²) in [6.07, 6.45) is 0.706. The van der Waals surface area contributed by atoms with Gasteiger partial charge >= 0.3 is 0 Å². The van der Waals surface area contributed by atoms with Crippen molar-refractivity contribution < 1.29 is 14.3 Å². The largest absolute Gasteiger partial charge is 0.493 e. The van der Waals surface area contributed by atoms with Crippen LogP contribution in [0.1, 0.15) is 28.8 Å². The highest BCUT2D eigenvalue weighted by molar-refractivity contribution is 5.94. The minimum absolute atomic E-state index is 0.115. The molecule has 2 aromatic heterocycles. The molecule has 0 bridgehead atoms. The molecule has 1 fully saturated rings. The van der Waals surface area contributed by atoms with Crippen LogP contribution in [-0.4, -0.2) is 71.0 Å². The van der Waals surface area contributed by atoms with Gasteiger partial charge in [-0.25, -0.2) is 4.52 Å². The molecule has 186 valence electrons. The van der Waals surface area contributed by atoms with Crippen LogP contribution in [-0.2, 0) is 6.42 Å². The highest BCUT2D eigenvalue weighted by atomic mass is 16.5. The van der Waals surface area contributed by atoms with Crippen molar-refractivity contribution in [3.05, 3.63) is 65.6 Å². The van der Waals surface area contributed by atoms with Gasteiger partial charge in [0, 0.05) is 31.9 Å². The Bertz CT molecular complexity index is 1390. The van der Waals surface area contributed by atoms with E-state index < -0.39 is 0 Å². The maximum absolute atomic E-state index is 13.4. The number of amides is 1. The predicted octanol–water partition coefficient (Wildman–Crippen LogP) is 3.64. The molecule has 0 atom stereocenters. The number of anilines is 1. The molecule has 9 heteroatoms. The average Bonchev–Trinajstić information content (AvgIpc) is 3.32. The zero-order valence-electron chi connectivity index (χ0n) is 21.1. The van der Waals surface area contributed by atoms with Crippen molar-refractivity contribution in [2.24, 2.45) is 0 Å². The number of hydrogen-bond donors (Lipinski definition) is 0. The van der Waals surface area contributed by atoms with Crippen molar-refractivity contribution in [3.8, 4) is 22.6 Å². The Morgan fingerprint density at radius 1 is 0.944 bits per heavy atom. The maximum atomic E-state index is 13.4. The molecule has 4 aromatic rings. The standard InChI is InChI=1S/C27H30N6O3/c1-5-21-24(19-11-12-22(35-3)23(17-19)36-4)26-29-28-25(18(2)33(26)30-21)27(34)32-15-13-31(14-16-32)20-9-7-6-8-10-20/h6-12,17H,5,13-16H2,1-4H3. The lowest BCUT2D eigenvalue weighted by molar-refractivity contribution is 0.0738. The lowest BCUT2D eigenvalue weighted by Gasteiger charge is -2.36. The summed E-state index contributed by atoms with van der Waals surface area (Å²) in [5.74, 6) is 1.16. The first-order valence-electron chi connectivity index (χ1n) is 12.1. The SMILES string of the molecule is CCc1nn2c(C)c(C(=O)N3CCN(c4ccccc4)CC3)nnc2c1-c1ccc(OC)c(OC)c1. The Morgan fingerprint density at radius 3 is 2.33 bits per heavy atom. The van der Waals surface area contributed by atoms with Crippen LogP contribution in [0.3, 0.4) is 0 Å². The number of fused-ring (bicyclic) bond motifs is 1. The molecular formula is C27H30N6O3. The lowest BCUT2D eigenvalue weighted by atomic mass is 10.0. The minimum atomic E-state index is -0.115. The van der Waals surface area contributed by atoms with Crippen LogP contribution in [0.2, 0.25) is 0 Å². The van der Waals surface area contributed by atoms with Gasteiger partial charge in [-0.3, -0.25) is 4.79 Å². The number of aryl methyl sites for hydroxylation is 2. The van der Waals surface area contributed by atoms with Crippen molar-refractivity contribution in [2.75, 3.05) is 45.3 Å². The summed E-state index contributed by atoms with van der Waals surface area (Å²) < 4.78 is 12.6. The summed E-state index contributed by atoms with van der Waals surface area (Å²) in [6, 6.07) is 16.0. The van der Waals surface area contributed by atoms with E-state index >= 15 is 0 Å². The molecule has 0 spiro atoms. The number of methoxy groups -OCH3 is 2. The van der Waals surface area contributed by atoms with Crippen LogP contribution in [0.5, 0.6) is 11.5 Å². The van der Waals surface area contributed by atoms with E-state index in [0.717, 1.165) is 29.9 Å². The third-order valence-corrected chi connectivity index (χ3v) is 6.74. The summed E-state index contributed by atoms with van der Waals surface area (Å²) >= 11 is 0. The second kappa shape index (κ2) is 9.85. The third-order valence-electron chi connectivity index (χ3n) is 6.74. The molecule has 36 heavy (non-hydrogen) atoms. The minimum Gasteiger partial charge on any atom is -0.493 e. The molecule has 0 saturated carbocycles. The van der Waals surface area contributed by atoms with E-state index in [1.54, 1.807) is 18.7 Å². The zero-order valence-corrected chi connectivity index (χ0v) is 21.1. The van der Waals surface area contributed by atoms with Gasteiger partial charge in [0.15, 0.2) is 22.8 Å². The first kappa shape index (κ1) is 23.6. The molecule has 0 aliphatic carbocycles. The molecular weight excluding hydrogens is 456 g/mol. The number of ether oxygens (including phenoxy) is 2. The van der Waals surface area contributed by atoms with E-state index in [0.29, 0.717) is 48.0 Å². The Labute approximate surface area is 210 Å². The van der Waals surface area contributed by atoms with Crippen LogP contribution in [0.15, 0.2) is 48.5 Å². The topological polar surface area (TPSA) is 85.1 Å². The summed E-state index contributed by atoms with van der Waals surface area (Å²) in [5.41, 5.74) is 5.46. The summed E-state index contributed by atoms with van der Waals surface area (Å²) in [7, 11) is 3.22. The van der Waals surface area contributed by atoms with Crippen molar-refractivity contribution >= 4 is 17.2 Å². The Kier molecular flexibility index (Phi) is 6.45. The maximum Gasteiger partial charge on any atom is 0.276 e. The average molecular weight is 487 g/mol. The van der Waals surface area contributed by atoms with E-state index in [1.807, 2.05) is 55.1 Å². The number of carbonyl (C=O) groups excluding carboxylic acids is 1. The van der Waals surface area contributed by atoms with E-state index in [-0.39, 0.29) is 5.91 Å². The Balaban J connectivity index is 1.45. The van der Waals surface area contributed by atoms with Crippen LogP contribution in [0.25, 0.3) is 16.8 Å². The predicted molar refractivity (Wildman–Crippen MR) is 138 cm³/mol. The number of rotatable bonds is 6. The van der Waals surface area contributed by atoms with E-state index in [4.69, 9.17) is 14.6 Å². The second-order valence-electron chi connectivity index (χ2n) is 8.73. The van der Waals surface area contributed by atoms with Crippen LogP contribution in [0.4, 0.5) is 5.69 Å². The quantitative estimate of drug-likeness (QED) is 0.411. The fourth-order valence-corrected chi connectivity index (χ4v) is 4.74. The monoisotopic (exact) mass is 486 g/mol. The van der Waals surface area contributed by atoms with Gasteiger partial charge in [-0.1, -0.05) is 31.2 Å². The number of piperazine rings is 1. The second-order valence-corrected chi connectivity index (χ2v) is 8.73. The number of para-hydroxylation sites is 1. The Morgan fingerprint density at radius 2 is 1.67 bits per heavy atom. The summed E-state index contributed by atoms with van der Waals surface area (Å²) in [4.78, 5) is 17.6. The number of nitrogens with zero attached hydrogens (tertiary/aromatic N) is 6. The molecule has 1 saturated heterocycles. The Hall–Kier alpha value is -4.14. The van der Waals surface area contributed by atoms with Crippen LogP contribution in [0, 0.1) is 6.92 Å². The highest BCUT2D eigenvalue weighted by Gasteiger charge is 2.27. The van der Waals surface area contributed by atoms with Crippen molar-refractivity contribution in [1.82, 2.24) is 24.7 Å². The molecule has 2 aromatic carbocycles. The molecule has 9 nitrogen and oxygen atoms in total. The highest BCUT2D eigenvalue weighted by Crippen LogP contribution is 2.35. The first-order chi connectivity index (χ1) is 17.5. The molecule has 3 heterocycles. The number of hydrogen-bond acceptors (Lipinski definition) is 7. The van der Waals surface area contributed by atoms with Gasteiger partial charge in [0.1, 0.15) is 0 Å². The fourth-order valence-electron chi connectivity index (χ4n) is 4.74. The molecule has 5 rings (SSSR count).